The van der Waals surface area contributed by atoms with E-state index in [9.17, 15) is 23.1 Å². The van der Waals surface area contributed by atoms with Crippen molar-refractivity contribution in [1.82, 2.24) is 5.32 Å². The van der Waals surface area contributed by atoms with E-state index in [0.717, 1.165) is 0 Å². The molecule has 0 bridgehead atoms. The molecule has 1 heterocycles. The second-order valence-electron chi connectivity index (χ2n) is 4.80. The van der Waals surface area contributed by atoms with Gasteiger partial charge in [-0.3, -0.25) is 4.79 Å². The van der Waals surface area contributed by atoms with Crippen LogP contribution in [0.3, 0.4) is 0 Å². The Bertz CT molecular complexity index is 324. The maximum atomic E-state index is 12.1. The van der Waals surface area contributed by atoms with Gasteiger partial charge < -0.3 is 20.3 Å². The summed E-state index contributed by atoms with van der Waals surface area (Å²) in [6, 6.07) is -0.729. The lowest BCUT2D eigenvalue weighted by molar-refractivity contribution is -0.172. The third kappa shape index (κ3) is 4.32. The lowest BCUT2D eigenvalue weighted by atomic mass is 9.86. The number of alkyl halides is 3. The van der Waals surface area contributed by atoms with Crippen molar-refractivity contribution in [3.63, 3.8) is 0 Å². The van der Waals surface area contributed by atoms with Gasteiger partial charge in [0.1, 0.15) is 12.5 Å². The van der Waals surface area contributed by atoms with Gasteiger partial charge in [0.05, 0.1) is 24.9 Å². The van der Waals surface area contributed by atoms with Crippen LogP contribution in [0.5, 0.6) is 0 Å². The number of nitrogens with one attached hydrogen (secondary N) is 1. The highest BCUT2D eigenvalue weighted by Crippen LogP contribution is 2.26. The van der Waals surface area contributed by atoms with E-state index in [2.05, 4.69) is 5.32 Å². The van der Waals surface area contributed by atoms with E-state index in [1.807, 2.05) is 0 Å². The summed E-state index contributed by atoms with van der Waals surface area (Å²) in [7, 11) is 0. The van der Waals surface area contributed by atoms with E-state index in [1.165, 1.54) is 0 Å². The minimum atomic E-state index is -4.57. The second-order valence-corrected chi connectivity index (χ2v) is 4.80. The SMILES string of the molecule is C[C@H]1[C@@H](O)[C@@H](CO)O[C@@H](C)[C@@H]1NC(=O)CC(F)(F)F. The highest BCUT2D eigenvalue weighted by molar-refractivity contribution is 5.77. The fraction of sp³-hybridized carbons (Fsp3) is 0.909. The number of rotatable bonds is 3. The molecule has 1 amide bonds. The van der Waals surface area contributed by atoms with Crippen molar-refractivity contribution in [2.75, 3.05) is 6.61 Å². The topological polar surface area (TPSA) is 78.8 Å². The van der Waals surface area contributed by atoms with Crippen LogP contribution in [0.2, 0.25) is 0 Å². The monoisotopic (exact) mass is 285 g/mol. The molecule has 8 heteroatoms. The quantitative estimate of drug-likeness (QED) is 0.692. The largest absolute Gasteiger partial charge is 0.397 e. The van der Waals surface area contributed by atoms with Gasteiger partial charge in [0.25, 0.3) is 0 Å². The van der Waals surface area contributed by atoms with Gasteiger partial charge in [0.2, 0.25) is 5.91 Å². The van der Waals surface area contributed by atoms with Crippen LogP contribution in [0.1, 0.15) is 20.3 Å². The first-order valence-corrected chi connectivity index (χ1v) is 5.96. The van der Waals surface area contributed by atoms with Crippen molar-refractivity contribution in [2.45, 2.75) is 50.8 Å². The summed E-state index contributed by atoms with van der Waals surface area (Å²) >= 11 is 0. The van der Waals surface area contributed by atoms with Crippen LogP contribution in [-0.2, 0) is 9.53 Å². The number of ether oxygens (including phenoxy) is 1. The van der Waals surface area contributed by atoms with E-state index in [0.29, 0.717) is 0 Å². The van der Waals surface area contributed by atoms with E-state index in [1.54, 1.807) is 13.8 Å². The summed E-state index contributed by atoms with van der Waals surface area (Å²) in [6.07, 6.45) is -8.56. The molecule has 19 heavy (non-hydrogen) atoms. The first-order chi connectivity index (χ1) is 8.65. The van der Waals surface area contributed by atoms with E-state index < -0.39 is 48.8 Å². The Morgan fingerprint density at radius 3 is 2.42 bits per heavy atom. The van der Waals surface area contributed by atoms with Crippen LogP contribution >= 0.6 is 0 Å². The number of carbonyl (C=O) groups excluding carboxylic acids is 1. The van der Waals surface area contributed by atoms with E-state index in [4.69, 9.17) is 9.84 Å². The first-order valence-electron chi connectivity index (χ1n) is 5.96. The summed E-state index contributed by atoms with van der Waals surface area (Å²) in [4.78, 5) is 11.3. The van der Waals surface area contributed by atoms with Crippen molar-refractivity contribution < 1.29 is 32.9 Å². The molecule has 0 aliphatic carbocycles. The Kier molecular flexibility index (Phi) is 5.17. The number of carbonyl (C=O) groups is 1. The number of amides is 1. The van der Waals surface area contributed by atoms with Gasteiger partial charge in [0, 0.05) is 5.92 Å². The minimum absolute atomic E-state index is 0.390. The van der Waals surface area contributed by atoms with Gasteiger partial charge in [-0.25, -0.2) is 0 Å². The van der Waals surface area contributed by atoms with Crippen LogP contribution < -0.4 is 5.32 Å². The molecule has 0 aromatic carbocycles. The van der Waals surface area contributed by atoms with Crippen molar-refractivity contribution in [3.05, 3.63) is 0 Å². The van der Waals surface area contributed by atoms with Crippen LogP contribution in [0.15, 0.2) is 0 Å². The Balaban J connectivity index is 2.65. The normalized spacial score (nSPS) is 36.1. The molecule has 0 aromatic rings. The summed E-state index contributed by atoms with van der Waals surface area (Å²) in [5.74, 6) is -1.67. The number of aliphatic hydroxyl groups excluding tert-OH is 2. The molecule has 3 N–H and O–H groups in total. The maximum Gasteiger partial charge on any atom is 0.397 e. The third-order valence-electron chi connectivity index (χ3n) is 3.25. The van der Waals surface area contributed by atoms with Crippen LogP contribution in [0, 0.1) is 5.92 Å². The molecule has 0 aromatic heterocycles. The van der Waals surface area contributed by atoms with Gasteiger partial charge in [-0.05, 0) is 6.92 Å². The number of hydrogen-bond acceptors (Lipinski definition) is 4. The standard InChI is InChI=1S/C11H18F3NO4/c1-5-9(15-8(17)3-11(12,13)14)6(2)19-7(4-16)10(5)18/h5-7,9-10,16,18H,3-4H2,1-2H3,(H,15,17)/t5-,6+,7-,9-,10-/m1/s1. The molecule has 0 spiro atoms. The molecule has 1 saturated heterocycles. The molecular formula is C11H18F3NO4. The molecule has 0 radical (unpaired) electrons. The number of halogens is 3. The summed E-state index contributed by atoms with van der Waals surface area (Å²) in [5.41, 5.74) is 0. The minimum Gasteiger partial charge on any atom is -0.394 e. The first kappa shape index (κ1) is 16.2. The lowest BCUT2D eigenvalue weighted by Gasteiger charge is -2.42. The zero-order chi connectivity index (χ0) is 14.8. The molecule has 5 atom stereocenters. The Labute approximate surface area is 108 Å². The van der Waals surface area contributed by atoms with E-state index in [-0.39, 0.29) is 6.61 Å². The van der Waals surface area contributed by atoms with Crippen molar-refractivity contribution in [3.8, 4) is 0 Å². The van der Waals surface area contributed by atoms with E-state index >= 15 is 0 Å². The summed E-state index contributed by atoms with van der Waals surface area (Å²) < 4.78 is 41.5. The van der Waals surface area contributed by atoms with Crippen LogP contribution in [0.25, 0.3) is 0 Å². The Hall–Kier alpha value is -0.860. The lowest BCUT2D eigenvalue weighted by Crippen LogP contribution is -2.59. The van der Waals surface area contributed by atoms with Crippen molar-refractivity contribution in [1.29, 1.82) is 0 Å². The summed E-state index contributed by atoms with van der Waals surface area (Å²) in [5, 5.41) is 21.0. The fourth-order valence-corrected chi connectivity index (χ4v) is 2.24. The Morgan fingerprint density at radius 2 is 1.95 bits per heavy atom. The zero-order valence-electron chi connectivity index (χ0n) is 10.6. The van der Waals surface area contributed by atoms with Crippen molar-refractivity contribution in [2.24, 2.45) is 5.92 Å². The van der Waals surface area contributed by atoms with Gasteiger partial charge in [-0.1, -0.05) is 6.92 Å². The number of hydrogen-bond donors (Lipinski definition) is 3. The molecular weight excluding hydrogens is 267 g/mol. The average Bonchev–Trinajstić information content (AvgIpc) is 2.27. The average molecular weight is 285 g/mol. The highest BCUT2D eigenvalue weighted by Gasteiger charge is 2.42. The molecule has 5 nitrogen and oxygen atoms in total. The van der Waals surface area contributed by atoms with Gasteiger partial charge in [-0.15, -0.1) is 0 Å². The molecule has 1 aliphatic rings. The smallest absolute Gasteiger partial charge is 0.394 e. The van der Waals surface area contributed by atoms with Crippen molar-refractivity contribution >= 4 is 5.91 Å². The fourth-order valence-electron chi connectivity index (χ4n) is 2.24. The number of aliphatic hydroxyl groups is 2. The maximum absolute atomic E-state index is 12.1. The summed E-state index contributed by atoms with van der Waals surface area (Å²) in [6.45, 7) is 2.77. The van der Waals surface area contributed by atoms with Gasteiger partial charge >= 0.3 is 6.18 Å². The highest BCUT2D eigenvalue weighted by atomic mass is 19.4. The molecule has 0 saturated carbocycles. The van der Waals surface area contributed by atoms with Gasteiger partial charge in [0.15, 0.2) is 0 Å². The second kappa shape index (κ2) is 6.06. The zero-order valence-corrected chi connectivity index (χ0v) is 10.6. The molecule has 1 fully saturated rings. The predicted octanol–water partition coefficient (Wildman–Crippen LogP) is 0.200. The van der Waals surface area contributed by atoms with Gasteiger partial charge in [-0.2, -0.15) is 13.2 Å². The van der Waals surface area contributed by atoms with Crippen LogP contribution in [-0.4, -0.2) is 53.3 Å². The molecule has 1 aliphatic heterocycles. The molecule has 112 valence electrons. The molecule has 0 unspecified atom stereocenters. The third-order valence-corrected chi connectivity index (χ3v) is 3.25. The predicted molar refractivity (Wildman–Crippen MR) is 59.2 cm³/mol. The van der Waals surface area contributed by atoms with Crippen LogP contribution in [0.4, 0.5) is 13.2 Å². The molecule has 1 rings (SSSR count). The Morgan fingerprint density at radius 1 is 1.37 bits per heavy atom.